The third kappa shape index (κ3) is 9.83. The molecular weight excluding hydrogens is 601 g/mol. The van der Waals surface area contributed by atoms with Gasteiger partial charge < -0.3 is 25.4 Å². The van der Waals surface area contributed by atoms with Gasteiger partial charge in [-0.25, -0.2) is 9.97 Å². The van der Waals surface area contributed by atoms with E-state index in [4.69, 9.17) is 15.2 Å². The second-order valence-electron chi connectivity index (χ2n) is 9.82. The van der Waals surface area contributed by atoms with Crippen LogP contribution >= 0.6 is 12.4 Å². The number of hydrogen-bond donors (Lipinski definition) is 3. The van der Waals surface area contributed by atoms with Gasteiger partial charge in [0.1, 0.15) is 42.3 Å². The first kappa shape index (κ1) is 34.1. The minimum Gasteiger partial charge on any atom is -0.507 e. The third-order valence-corrected chi connectivity index (χ3v) is 6.33. The number of aliphatic hydroxyl groups excluding tert-OH is 1. The van der Waals surface area contributed by atoms with Gasteiger partial charge in [-0.3, -0.25) is 9.69 Å². The SMILES string of the molecule is Cc1cc(C(F)(F)F)nc(-c2ccc(OCC(O)CN(CCOc3ccc(O)c(C(N)=O)c3)Cc3ccccc3)cc2)n1.Cl. The van der Waals surface area contributed by atoms with Crippen molar-refractivity contribution in [2.45, 2.75) is 25.7 Å². The molecule has 1 aromatic heterocycles. The number of carbonyl (C=O) groups excluding carboxylic acids is 1. The van der Waals surface area contributed by atoms with Crippen LogP contribution in [0.4, 0.5) is 13.2 Å². The Morgan fingerprint density at radius 2 is 1.66 bits per heavy atom. The second-order valence-corrected chi connectivity index (χ2v) is 9.82. The van der Waals surface area contributed by atoms with E-state index in [9.17, 15) is 28.2 Å². The number of hydrogen-bond acceptors (Lipinski definition) is 8. The van der Waals surface area contributed by atoms with E-state index < -0.39 is 23.9 Å². The lowest BCUT2D eigenvalue weighted by molar-refractivity contribution is -0.141. The van der Waals surface area contributed by atoms with Crippen molar-refractivity contribution in [3.8, 4) is 28.6 Å². The Balaban J connectivity index is 0.00000529. The van der Waals surface area contributed by atoms with Crippen molar-refractivity contribution in [3.05, 3.63) is 101 Å². The van der Waals surface area contributed by atoms with Crippen molar-refractivity contribution >= 4 is 18.3 Å². The number of benzene rings is 3. The lowest BCUT2D eigenvalue weighted by atomic mass is 10.2. The first-order chi connectivity index (χ1) is 20.5. The molecule has 13 heteroatoms. The second kappa shape index (κ2) is 15.4. The smallest absolute Gasteiger partial charge is 0.433 e. The average Bonchev–Trinajstić information content (AvgIpc) is 2.97. The molecule has 1 atom stereocenters. The van der Waals surface area contributed by atoms with Crippen molar-refractivity contribution in [1.82, 2.24) is 14.9 Å². The highest BCUT2D eigenvalue weighted by molar-refractivity contribution is 5.95. The molecule has 44 heavy (non-hydrogen) atoms. The average molecular weight is 633 g/mol. The summed E-state index contributed by atoms with van der Waals surface area (Å²) in [5.74, 6) is -0.268. The molecule has 0 fully saturated rings. The Morgan fingerprint density at radius 1 is 0.977 bits per heavy atom. The Labute approximate surface area is 258 Å². The van der Waals surface area contributed by atoms with Crippen LogP contribution in [0, 0.1) is 6.92 Å². The van der Waals surface area contributed by atoms with Crippen LogP contribution in [0.3, 0.4) is 0 Å². The summed E-state index contributed by atoms with van der Waals surface area (Å²) in [6, 6.07) is 21.1. The van der Waals surface area contributed by atoms with E-state index in [0.717, 1.165) is 11.6 Å². The number of nitrogens with zero attached hydrogens (tertiary/aromatic N) is 3. The Hall–Kier alpha value is -4.39. The minimum absolute atomic E-state index is 0. The van der Waals surface area contributed by atoms with E-state index in [1.165, 1.54) is 25.1 Å². The van der Waals surface area contributed by atoms with Gasteiger partial charge in [-0.2, -0.15) is 13.2 Å². The molecule has 9 nitrogen and oxygen atoms in total. The maximum Gasteiger partial charge on any atom is 0.433 e. The fourth-order valence-electron chi connectivity index (χ4n) is 4.26. The van der Waals surface area contributed by atoms with Gasteiger partial charge in [-0.15, -0.1) is 12.4 Å². The van der Waals surface area contributed by atoms with Crippen LogP contribution < -0.4 is 15.2 Å². The Kier molecular flexibility index (Phi) is 11.9. The summed E-state index contributed by atoms with van der Waals surface area (Å²) in [6.45, 7) is 2.85. The van der Waals surface area contributed by atoms with Crippen LogP contribution in [0.15, 0.2) is 78.9 Å². The van der Waals surface area contributed by atoms with Gasteiger partial charge in [-0.1, -0.05) is 30.3 Å². The summed E-state index contributed by atoms with van der Waals surface area (Å²) in [4.78, 5) is 21.2. The molecule has 1 amide bonds. The molecular formula is C31H32ClF3N4O5. The Morgan fingerprint density at radius 3 is 2.32 bits per heavy atom. The molecule has 0 saturated carbocycles. The van der Waals surface area contributed by atoms with Gasteiger partial charge in [0.25, 0.3) is 5.91 Å². The summed E-state index contributed by atoms with van der Waals surface area (Å²) in [5.41, 5.74) is 5.85. The molecule has 0 aliphatic rings. The lowest BCUT2D eigenvalue weighted by Crippen LogP contribution is -2.37. The topological polar surface area (TPSA) is 131 Å². The summed E-state index contributed by atoms with van der Waals surface area (Å²) in [5, 5.41) is 20.5. The number of amides is 1. The largest absolute Gasteiger partial charge is 0.507 e. The molecule has 4 aromatic rings. The summed E-state index contributed by atoms with van der Waals surface area (Å²) in [7, 11) is 0. The summed E-state index contributed by atoms with van der Waals surface area (Å²) < 4.78 is 50.9. The highest BCUT2D eigenvalue weighted by Crippen LogP contribution is 2.30. The number of aryl methyl sites for hydroxylation is 1. The number of nitrogens with two attached hydrogens (primary N) is 1. The molecule has 1 unspecified atom stereocenters. The van der Waals surface area contributed by atoms with Gasteiger partial charge in [0, 0.05) is 30.9 Å². The molecule has 0 aliphatic heterocycles. The molecule has 4 rings (SSSR count). The highest BCUT2D eigenvalue weighted by Gasteiger charge is 2.33. The van der Waals surface area contributed by atoms with Crippen LogP contribution in [0.1, 0.15) is 27.3 Å². The van der Waals surface area contributed by atoms with Crippen LogP contribution in [0.5, 0.6) is 17.2 Å². The molecule has 3 aromatic carbocycles. The van der Waals surface area contributed by atoms with Crippen molar-refractivity contribution in [1.29, 1.82) is 0 Å². The van der Waals surface area contributed by atoms with E-state index in [1.807, 2.05) is 35.2 Å². The molecule has 4 N–H and O–H groups in total. The first-order valence-corrected chi connectivity index (χ1v) is 13.3. The number of carbonyl (C=O) groups is 1. The summed E-state index contributed by atoms with van der Waals surface area (Å²) >= 11 is 0. The molecule has 0 aliphatic carbocycles. The van der Waals surface area contributed by atoms with E-state index in [1.54, 1.807) is 24.3 Å². The van der Waals surface area contributed by atoms with Gasteiger partial charge in [0.2, 0.25) is 0 Å². The van der Waals surface area contributed by atoms with Crippen LogP contribution in [-0.4, -0.2) is 63.4 Å². The zero-order valence-corrected chi connectivity index (χ0v) is 24.5. The number of aromatic nitrogens is 2. The van der Waals surface area contributed by atoms with Gasteiger partial charge in [-0.05, 0) is 61.0 Å². The van der Waals surface area contributed by atoms with Crippen molar-refractivity contribution in [2.75, 3.05) is 26.3 Å². The fraction of sp³-hybridized carbons (Fsp3) is 0.258. The van der Waals surface area contributed by atoms with Crippen molar-refractivity contribution in [2.24, 2.45) is 5.73 Å². The zero-order valence-electron chi connectivity index (χ0n) is 23.7. The standard InChI is InChI=1S/C31H31F3N4O5.ClH/c1-20-15-28(31(32,33)34)37-30(36-20)22-7-9-24(10-8-22)43-19-23(39)18-38(17-21-5-3-2-4-6-21)13-14-42-25-11-12-27(40)26(16-25)29(35)41;/h2-12,15-16,23,39-40H,13-14,17-19H2,1H3,(H2,35,41);1H. The molecule has 0 bridgehead atoms. The number of primary amides is 1. The number of phenols is 1. The highest BCUT2D eigenvalue weighted by atomic mass is 35.5. The molecule has 1 heterocycles. The Bertz CT molecular complexity index is 1530. The summed E-state index contributed by atoms with van der Waals surface area (Å²) in [6.07, 6.45) is -5.46. The minimum atomic E-state index is -4.58. The van der Waals surface area contributed by atoms with Crippen molar-refractivity contribution in [3.63, 3.8) is 0 Å². The maximum atomic E-state index is 13.1. The number of halogens is 4. The number of rotatable bonds is 13. The maximum absolute atomic E-state index is 13.1. The molecule has 234 valence electrons. The van der Waals surface area contributed by atoms with Gasteiger partial charge >= 0.3 is 6.18 Å². The number of aromatic hydroxyl groups is 1. The number of ether oxygens (including phenoxy) is 2. The van der Waals surface area contributed by atoms with Gasteiger partial charge in [0.05, 0.1) is 5.56 Å². The normalized spacial score (nSPS) is 12.0. The molecule has 0 radical (unpaired) electrons. The number of alkyl halides is 3. The van der Waals surface area contributed by atoms with Crippen molar-refractivity contribution < 1.29 is 37.7 Å². The molecule has 0 spiro atoms. The van der Waals surface area contributed by atoms with E-state index in [0.29, 0.717) is 30.2 Å². The van der Waals surface area contributed by atoms with Crippen LogP contribution in [-0.2, 0) is 12.7 Å². The molecule has 0 saturated heterocycles. The van der Waals surface area contributed by atoms with Crippen LogP contribution in [0.2, 0.25) is 0 Å². The zero-order chi connectivity index (χ0) is 31.0. The predicted molar refractivity (Wildman–Crippen MR) is 160 cm³/mol. The van der Waals surface area contributed by atoms with E-state index >= 15 is 0 Å². The quantitative estimate of drug-likeness (QED) is 0.187. The van der Waals surface area contributed by atoms with E-state index in [-0.39, 0.29) is 55.0 Å². The number of aliphatic hydroxyl groups is 1. The van der Waals surface area contributed by atoms with Crippen LogP contribution in [0.25, 0.3) is 11.4 Å². The lowest BCUT2D eigenvalue weighted by Gasteiger charge is -2.25. The van der Waals surface area contributed by atoms with E-state index in [2.05, 4.69) is 9.97 Å². The monoisotopic (exact) mass is 632 g/mol. The van der Waals surface area contributed by atoms with Gasteiger partial charge in [0.15, 0.2) is 5.82 Å². The first-order valence-electron chi connectivity index (χ1n) is 13.3. The fourth-order valence-corrected chi connectivity index (χ4v) is 4.26. The predicted octanol–water partition coefficient (Wildman–Crippen LogP) is 5.02. The third-order valence-electron chi connectivity index (χ3n) is 6.33.